The van der Waals surface area contributed by atoms with Gasteiger partial charge in [-0.05, 0) is 58.4 Å². The summed E-state index contributed by atoms with van der Waals surface area (Å²) in [6.07, 6.45) is 3.21. The van der Waals surface area contributed by atoms with E-state index in [1.54, 1.807) is 0 Å². The van der Waals surface area contributed by atoms with Gasteiger partial charge in [0.25, 0.3) is 0 Å². The maximum atomic E-state index is 11.9. The van der Waals surface area contributed by atoms with Crippen molar-refractivity contribution in [3.8, 4) is 0 Å². The highest BCUT2D eigenvalue weighted by molar-refractivity contribution is 5.70. The zero-order chi connectivity index (χ0) is 12.6. The monoisotopic (exact) mass is 239 g/mol. The van der Waals surface area contributed by atoms with Crippen LogP contribution < -0.4 is 0 Å². The van der Waals surface area contributed by atoms with E-state index in [0.29, 0.717) is 24.2 Å². The summed E-state index contributed by atoms with van der Waals surface area (Å²) < 4.78 is 5.44. The number of hydrogen-bond donors (Lipinski definition) is 0. The zero-order valence-electron chi connectivity index (χ0n) is 11.5. The number of fused-ring (bicyclic) bond motifs is 2. The molecular weight excluding hydrogens is 214 g/mol. The Labute approximate surface area is 105 Å². The van der Waals surface area contributed by atoms with Gasteiger partial charge in [0.1, 0.15) is 5.60 Å². The lowest BCUT2D eigenvalue weighted by molar-refractivity contribution is -0.157. The van der Waals surface area contributed by atoms with Gasteiger partial charge in [-0.2, -0.15) is 0 Å². The van der Waals surface area contributed by atoms with Crippen molar-refractivity contribution in [1.29, 1.82) is 0 Å². The van der Waals surface area contributed by atoms with Crippen LogP contribution in [0.5, 0.6) is 0 Å². The minimum atomic E-state index is -0.346. The third kappa shape index (κ3) is 3.21. The molecule has 0 amide bonds. The second kappa shape index (κ2) is 4.60. The lowest BCUT2D eigenvalue weighted by Gasteiger charge is -2.36. The Morgan fingerprint density at radius 3 is 2.24 bits per heavy atom. The van der Waals surface area contributed by atoms with Crippen molar-refractivity contribution in [2.75, 3.05) is 20.1 Å². The van der Waals surface area contributed by atoms with Crippen molar-refractivity contribution in [1.82, 2.24) is 4.90 Å². The van der Waals surface area contributed by atoms with Crippen LogP contribution in [0.15, 0.2) is 0 Å². The lowest BCUT2D eigenvalue weighted by Crippen LogP contribution is -2.40. The van der Waals surface area contributed by atoms with E-state index in [9.17, 15) is 4.79 Å². The maximum Gasteiger partial charge on any atom is 0.306 e. The molecule has 3 nitrogen and oxygen atoms in total. The smallest absolute Gasteiger partial charge is 0.306 e. The minimum Gasteiger partial charge on any atom is -0.460 e. The minimum absolute atomic E-state index is 0.0102. The van der Waals surface area contributed by atoms with Crippen LogP contribution in [0.2, 0.25) is 0 Å². The van der Waals surface area contributed by atoms with Gasteiger partial charge in [-0.1, -0.05) is 0 Å². The largest absolute Gasteiger partial charge is 0.460 e. The number of carbonyl (C=O) groups excluding carboxylic acids is 1. The van der Waals surface area contributed by atoms with Crippen molar-refractivity contribution in [3.63, 3.8) is 0 Å². The number of ether oxygens (including phenoxy) is 1. The van der Waals surface area contributed by atoms with E-state index in [-0.39, 0.29) is 11.6 Å². The van der Waals surface area contributed by atoms with Gasteiger partial charge in [-0.25, -0.2) is 0 Å². The summed E-state index contributed by atoms with van der Waals surface area (Å²) in [5.41, 5.74) is -0.346. The van der Waals surface area contributed by atoms with Crippen LogP contribution in [0.1, 0.15) is 40.0 Å². The molecule has 1 unspecified atom stereocenters. The van der Waals surface area contributed by atoms with Gasteiger partial charge >= 0.3 is 5.97 Å². The fraction of sp³-hybridized carbons (Fsp3) is 0.929. The molecule has 17 heavy (non-hydrogen) atoms. The Bertz CT molecular complexity index is 281. The van der Waals surface area contributed by atoms with Gasteiger partial charge in [0.15, 0.2) is 0 Å². The van der Waals surface area contributed by atoms with E-state index in [4.69, 9.17) is 4.74 Å². The number of hydrogen-bond acceptors (Lipinski definition) is 3. The molecule has 2 fully saturated rings. The van der Waals surface area contributed by atoms with E-state index in [1.807, 2.05) is 20.8 Å². The van der Waals surface area contributed by atoms with Gasteiger partial charge in [0, 0.05) is 19.5 Å². The van der Waals surface area contributed by atoms with E-state index in [1.165, 1.54) is 12.8 Å². The highest BCUT2D eigenvalue weighted by Crippen LogP contribution is 2.43. The first kappa shape index (κ1) is 12.9. The van der Waals surface area contributed by atoms with E-state index < -0.39 is 0 Å². The number of likely N-dealkylation sites (tertiary alicyclic amines) is 1. The Hall–Kier alpha value is -0.570. The molecule has 0 spiro atoms. The Balaban J connectivity index is 1.90. The molecule has 1 aliphatic heterocycles. The summed E-state index contributed by atoms with van der Waals surface area (Å²) in [5.74, 6) is 1.99. The summed E-state index contributed by atoms with van der Waals surface area (Å²) in [4.78, 5) is 14.3. The molecule has 0 aromatic rings. The van der Waals surface area contributed by atoms with E-state index in [2.05, 4.69) is 11.9 Å². The quantitative estimate of drug-likeness (QED) is 0.693. The average Bonchev–Trinajstić information content (AvgIpc) is 2.42. The van der Waals surface area contributed by atoms with Gasteiger partial charge in [-0.3, -0.25) is 4.79 Å². The summed E-state index contributed by atoms with van der Waals surface area (Å²) >= 11 is 0. The standard InChI is InChI=1S/C14H25NO2/c1-14(2,3)17-13(16)7-12-10-5-6-11(12)9-15(4)8-10/h10-12H,5-9H2,1-4H3/t10-,11+,12?. The second-order valence-corrected chi connectivity index (χ2v) is 6.77. The molecule has 3 heteroatoms. The average molecular weight is 239 g/mol. The summed E-state index contributed by atoms with van der Waals surface area (Å²) in [6.45, 7) is 8.13. The lowest BCUT2D eigenvalue weighted by atomic mass is 9.83. The Morgan fingerprint density at radius 2 is 1.76 bits per heavy atom. The second-order valence-electron chi connectivity index (χ2n) is 6.77. The number of nitrogens with zero attached hydrogens (tertiary/aromatic N) is 1. The van der Waals surface area contributed by atoms with E-state index >= 15 is 0 Å². The van der Waals surface area contributed by atoms with Crippen LogP contribution in [-0.4, -0.2) is 36.6 Å². The van der Waals surface area contributed by atoms with E-state index in [0.717, 1.165) is 13.1 Å². The number of esters is 1. The normalized spacial score (nSPS) is 33.8. The molecule has 1 aliphatic carbocycles. The fourth-order valence-corrected chi connectivity index (χ4v) is 3.48. The molecule has 1 heterocycles. The Kier molecular flexibility index (Phi) is 3.48. The highest BCUT2D eigenvalue weighted by atomic mass is 16.6. The van der Waals surface area contributed by atoms with Crippen LogP contribution in [-0.2, 0) is 9.53 Å². The Morgan fingerprint density at radius 1 is 1.24 bits per heavy atom. The zero-order valence-corrected chi connectivity index (χ0v) is 11.5. The molecule has 2 rings (SSSR count). The molecule has 1 saturated heterocycles. The maximum absolute atomic E-state index is 11.9. The molecule has 0 N–H and O–H groups in total. The van der Waals surface area contributed by atoms with Crippen LogP contribution in [0.3, 0.4) is 0 Å². The van der Waals surface area contributed by atoms with Gasteiger partial charge in [-0.15, -0.1) is 0 Å². The molecule has 0 radical (unpaired) electrons. The molecular formula is C14H25NO2. The molecule has 2 bridgehead atoms. The van der Waals surface area contributed by atoms with Gasteiger partial charge < -0.3 is 9.64 Å². The van der Waals surface area contributed by atoms with Crippen LogP contribution >= 0.6 is 0 Å². The van der Waals surface area contributed by atoms with Crippen molar-refractivity contribution >= 4 is 5.97 Å². The first-order chi connectivity index (χ1) is 7.85. The number of rotatable bonds is 2. The van der Waals surface area contributed by atoms with Crippen molar-refractivity contribution in [3.05, 3.63) is 0 Å². The molecule has 1 saturated carbocycles. The van der Waals surface area contributed by atoms with Gasteiger partial charge in [0.2, 0.25) is 0 Å². The SMILES string of the molecule is CN1C[C@H]2CC[C@@H](C1)C2CC(=O)OC(C)(C)C. The number of carbonyl (C=O) groups is 1. The predicted octanol–water partition coefficient (Wildman–Crippen LogP) is 2.31. The third-order valence-corrected chi connectivity index (χ3v) is 4.03. The third-order valence-electron chi connectivity index (χ3n) is 4.03. The van der Waals surface area contributed by atoms with Gasteiger partial charge in [0.05, 0.1) is 0 Å². The van der Waals surface area contributed by atoms with Crippen LogP contribution in [0, 0.1) is 17.8 Å². The molecule has 98 valence electrons. The van der Waals surface area contributed by atoms with Crippen molar-refractivity contribution in [2.45, 2.75) is 45.6 Å². The molecule has 0 aromatic heterocycles. The number of piperidine rings is 1. The summed E-state index contributed by atoms with van der Waals surface area (Å²) in [6, 6.07) is 0. The molecule has 3 atom stereocenters. The summed E-state index contributed by atoms with van der Waals surface area (Å²) in [5, 5.41) is 0. The molecule has 0 aromatic carbocycles. The predicted molar refractivity (Wildman–Crippen MR) is 67.7 cm³/mol. The first-order valence-corrected chi connectivity index (χ1v) is 6.75. The fourth-order valence-electron chi connectivity index (χ4n) is 3.48. The van der Waals surface area contributed by atoms with Crippen molar-refractivity contribution in [2.24, 2.45) is 17.8 Å². The highest BCUT2D eigenvalue weighted by Gasteiger charge is 2.42. The van der Waals surface area contributed by atoms with Crippen molar-refractivity contribution < 1.29 is 9.53 Å². The summed E-state index contributed by atoms with van der Waals surface area (Å²) in [7, 11) is 2.19. The topological polar surface area (TPSA) is 29.5 Å². The molecule has 2 aliphatic rings. The van der Waals surface area contributed by atoms with Crippen LogP contribution in [0.25, 0.3) is 0 Å². The first-order valence-electron chi connectivity index (χ1n) is 6.75. The van der Waals surface area contributed by atoms with Crippen LogP contribution in [0.4, 0.5) is 0 Å².